The van der Waals surface area contributed by atoms with Crippen molar-refractivity contribution in [1.82, 2.24) is 0 Å². The number of benzene rings is 2. The predicted molar refractivity (Wildman–Crippen MR) is 104 cm³/mol. The Bertz CT molecular complexity index is 576. The lowest BCUT2D eigenvalue weighted by molar-refractivity contribution is 0.352. The van der Waals surface area contributed by atoms with E-state index in [-0.39, 0.29) is 5.54 Å². The second kappa shape index (κ2) is 8.96. The molecule has 0 aliphatic rings. The van der Waals surface area contributed by atoms with E-state index >= 15 is 0 Å². The van der Waals surface area contributed by atoms with Gasteiger partial charge in [-0.2, -0.15) is 0 Å². The van der Waals surface area contributed by atoms with Gasteiger partial charge >= 0.3 is 0 Å². The molecule has 0 amide bonds. The largest absolute Gasteiger partial charge is 0.379 e. The summed E-state index contributed by atoms with van der Waals surface area (Å²) in [7, 11) is 0. The SMILES string of the molecule is CCCCCC(CCC)(CCC)Nc1cccc2ccccc12. The van der Waals surface area contributed by atoms with Crippen LogP contribution >= 0.6 is 0 Å². The molecular weight excluding hydrogens is 278 g/mol. The molecule has 1 heteroatoms. The molecule has 0 fully saturated rings. The van der Waals surface area contributed by atoms with Gasteiger partial charge in [0.05, 0.1) is 0 Å². The van der Waals surface area contributed by atoms with Gasteiger partial charge in [-0.15, -0.1) is 0 Å². The summed E-state index contributed by atoms with van der Waals surface area (Å²) in [5.41, 5.74) is 1.56. The summed E-state index contributed by atoms with van der Waals surface area (Å²) in [6.07, 6.45) is 10.2. The van der Waals surface area contributed by atoms with Crippen molar-refractivity contribution in [3.05, 3.63) is 42.5 Å². The van der Waals surface area contributed by atoms with Gasteiger partial charge in [0.15, 0.2) is 0 Å². The lowest BCUT2D eigenvalue weighted by Crippen LogP contribution is -2.38. The maximum atomic E-state index is 4.00. The molecule has 0 spiro atoms. The van der Waals surface area contributed by atoms with Crippen LogP contribution < -0.4 is 5.32 Å². The fourth-order valence-electron chi connectivity index (χ4n) is 3.85. The van der Waals surface area contributed by atoms with E-state index in [9.17, 15) is 0 Å². The van der Waals surface area contributed by atoms with Crippen molar-refractivity contribution < 1.29 is 0 Å². The minimum atomic E-state index is 0.253. The van der Waals surface area contributed by atoms with E-state index in [4.69, 9.17) is 0 Å². The highest BCUT2D eigenvalue weighted by Gasteiger charge is 2.27. The zero-order valence-electron chi connectivity index (χ0n) is 15.2. The van der Waals surface area contributed by atoms with Crippen molar-refractivity contribution in [2.75, 3.05) is 5.32 Å². The zero-order valence-corrected chi connectivity index (χ0v) is 15.2. The van der Waals surface area contributed by atoms with Crippen LogP contribution in [0.4, 0.5) is 5.69 Å². The summed E-state index contributed by atoms with van der Waals surface area (Å²) in [5, 5.41) is 6.67. The van der Waals surface area contributed by atoms with E-state index in [1.165, 1.54) is 67.8 Å². The normalized spacial score (nSPS) is 11.8. The molecule has 0 bridgehead atoms. The van der Waals surface area contributed by atoms with Crippen molar-refractivity contribution >= 4 is 16.5 Å². The quantitative estimate of drug-likeness (QED) is 0.458. The molecule has 0 unspecified atom stereocenters. The van der Waals surface area contributed by atoms with Crippen LogP contribution in [0.15, 0.2) is 42.5 Å². The highest BCUT2D eigenvalue weighted by atomic mass is 15.0. The van der Waals surface area contributed by atoms with Gasteiger partial charge in [-0.25, -0.2) is 0 Å². The third kappa shape index (κ3) is 4.73. The Morgan fingerprint density at radius 2 is 1.43 bits per heavy atom. The molecule has 0 aliphatic carbocycles. The Hall–Kier alpha value is -1.50. The number of hydrogen-bond donors (Lipinski definition) is 1. The Morgan fingerprint density at radius 1 is 0.739 bits per heavy atom. The van der Waals surface area contributed by atoms with Crippen molar-refractivity contribution in [1.29, 1.82) is 0 Å². The van der Waals surface area contributed by atoms with Gasteiger partial charge in [0, 0.05) is 16.6 Å². The summed E-state index contributed by atoms with van der Waals surface area (Å²) in [6, 6.07) is 15.4. The van der Waals surface area contributed by atoms with Crippen LogP contribution in [0, 0.1) is 0 Å². The number of rotatable bonds is 10. The first-order chi connectivity index (χ1) is 11.2. The maximum Gasteiger partial charge on any atom is 0.0424 e. The number of nitrogens with one attached hydrogen (secondary N) is 1. The first kappa shape index (κ1) is 17.8. The lowest BCUT2D eigenvalue weighted by Gasteiger charge is -2.36. The second-order valence-corrected chi connectivity index (χ2v) is 6.89. The van der Waals surface area contributed by atoms with Crippen molar-refractivity contribution in [2.24, 2.45) is 0 Å². The van der Waals surface area contributed by atoms with Gasteiger partial charge in [-0.3, -0.25) is 0 Å². The van der Waals surface area contributed by atoms with Gasteiger partial charge in [0.2, 0.25) is 0 Å². The molecule has 0 radical (unpaired) electrons. The lowest BCUT2D eigenvalue weighted by atomic mass is 9.83. The Labute approximate surface area is 142 Å². The standard InChI is InChI=1S/C22H33N/c1-4-7-10-18-22(16-5-2,17-6-3)23-21-15-11-13-19-12-8-9-14-20(19)21/h8-9,11-15,23H,4-7,10,16-18H2,1-3H3. The Kier molecular flexibility index (Phi) is 6.95. The molecule has 2 aromatic carbocycles. The minimum absolute atomic E-state index is 0.253. The van der Waals surface area contributed by atoms with E-state index in [1.807, 2.05) is 0 Å². The van der Waals surface area contributed by atoms with E-state index in [1.54, 1.807) is 0 Å². The van der Waals surface area contributed by atoms with Gasteiger partial charge in [0.1, 0.15) is 0 Å². The van der Waals surface area contributed by atoms with Gasteiger partial charge in [0.25, 0.3) is 0 Å². The molecular formula is C22H33N. The molecule has 2 rings (SSSR count). The number of fused-ring (bicyclic) bond motifs is 1. The third-order valence-corrected chi connectivity index (χ3v) is 4.91. The summed E-state index contributed by atoms with van der Waals surface area (Å²) < 4.78 is 0. The first-order valence-electron chi connectivity index (χ1n) is 9.50. The van der Waals surface area contributed by atoms with Crippen molar-refractivity contribution in [2.45, 2.75) is 77.7 Å². The minimum Gasteiger partial charge on any atom is -0.379 e. The highest BCUT2D eigenvalue weighted by molar-refractivity contribution is 5.94. The zero-order chi connectivity index (χ0) is 16.5. The van der Waals surface area contributed by atoms with E-state index < -0.39 is 0 Å². The molecule has 0 atom stereocenters. The van der Waals surface area contributed by atoms with Gasteiger partial charge in [-0.05, 0) is 30.7 Å². The van der Waals surface area contributed by atoms with Gasteiger partial charge < -0.3 is 5.32 Å². The first-order valence-corrected chi connectivity index (χ1v) is 9.50. The van der Waals surface area contributed by atoms with E-state index in [0.29, 0.717) is 0 Å². The van der Waals surface area contributed by atoms with E-state index in [2.05, 4.69) is 68.6 Å². The maximum absolute atomic E-state index is 4.00. The molecule has 0 aliphatic heterocycles. The Morgan fingerprint density at radius 3 is 2.13 bits per heavy atom. The molecule has 2 aromatic rings. The summed E-state index contributed by atoms with van der Waals surface area (Å²) in [4.78, 5) is 0. The van der Waals surface area contributed by atoms with E-state index in [0.717, 1.165) is 0 Å². The fraction of sp³-hybridized carbons (Fsp3) is 0.545. The molecule has 0 saturated carbocycles. The molecule has 0 heterocycles. The summed E-state index contributed by atoms with van der Waals surface area (Å²) in [5.74, 6) is 0. The Balaban J connectivity index is 2.30. The number of anilines is 1. The molecule has 0 saturated heterocycles. The molecule has 126 valence electrons. The smallest absolute Gasteiger partial charge is 0.0424 e. The third-order valence-electron chi connectivity index (χ3n) is 4.91. The van der Waals surface area contributed by atoms with Crippen LogP contribution in [0.1, 0.15) is 72.1 Å². The van der Waals surface area contributed by atoms with Crippen LogP contribution in [0.5, 0.6) is 0 Å². The summed E-state index contributed by atoms with van der Waals surface area (Å²) in [6.45, 7) is 6.92. The predicted octanol–water partition coefficient (Wildman–Crippen LogP) is 7.17. The summed E-state index contributed by atoms with van der Waals surface area (Å²) >= 11 is 0. The second-order valence-electron chi connectivity index (χ2n) is 6.89. The topological polar surface area (TPSA) is 12.0 Å². The van der Waals surface area contributed by atoms with Crippen molar-refractivity contribution in [3.8, 4) is 0 Å². The van der Waals surface area contributed by atoms with Gasteiger partial charge in [-0.1, -0.05) is 89.3 Å². The molecule has 0 aromatic heterocycles. The van der Waals surface area contributed by atoms with Crippen LogP contribution in [0.2, 0.25) is 0 Å². The fourth-order valence-corrected chi connectivity index (χ4v) is 3.85. The van der Waals surface area contributed by atoms with Crippen molar-refractivity contribution in [3.63, 3.8) is 0 Å². The monoisotopic (exact) mass is 311 g/mol. The highest BCUT2D eigenvalue weighted by Crippen LogP contribution is 2.33. The van der Waals surface area contributed by atoms with Crippen LogP contribution in [0.25, 0.3) is 10.8 Å². The van der Waals surface area contributed by atoms with Crippen LogP contribution in [-0.4, -0.2) is 5.54 Å². The average Bonchev–Trinajstić information content (AvgIpc) is 2.56. The number of unbranched alkanes of at least 4 members (excludes halogenated alkanes) is 2. The number of hydrogen-bond acceptors (Lipinski definition) is 1. The average molecular weight is 312 g/mol. The molecule has 1 N–H and O–H groups in total. The van der Waals surface area contributed by atoms with Crippen LogP contribution in [-0.2, 0) is 0 Å². The van der Waals surface area contributed by atoms with Crippen LogP contribution in [0.3, 0.4) is 0 Å². The molecule has 23 heavy (non-hydrogen) atoms. The molecule has 1 nitrogen and oxygen atoms in total.